The number of anilines is 2. The number of likely N-dealkylation sites (tertiary alicyclic amines) is 1. The highest BCUT2D eigenvalue weighted by molar-refractivity contribution is 6.06. The van der Waals surface area contributed by atoms with Gasteiger partial charge in [0.2, 0.25) is 0 Å². The largest absolute Gasteiger partial charge is 0.372 e. The molecule has 1 aromatic carbocycles. The number of aromatic amines is 1. The van der Waals surface area contributed by atoms with Crippen molar-refractivity contribution in [3.63, 3.8) is 0 Å². The van der Waals surface area contributed by atoms with Crippen molar-refractivity contribution in [2.24, 2.45) is 0 Å². The van der Waals surface area contributed by atoms with Gasteiger partial charge in [-0.05, 0) is 38.0 Å². The van der Waals surface area contributed by atoms with E-state index >= 15 is 0 Å². The number of benzene rings is 1. The van der Waals surface area contributed by atoms with Crippen molar-refractivity contribution < 1.29 is 4.79 Å². The van der Waals surface area contributed by atoms with Crippen LogP contribution in [0.1, 0.15) is 30.1 Å². The molecule has 0 saturated carbocycles. The van der Waals surface area contributed by atoms with Gasteiger partial charge >= 0.3 is 0 Å². The first-order valence-electron chi connectivity index (χ1n) is 10.3. The minimum Gasteiger partial charge on any atom is -0.372 e. The molecule has 1 aliphatic rings. The van der Waals surface area contributed by atoms with Gasteiger partial charge in [0.05, 0.1) is 11.3 Å². The van der Waals surface area contributed by atoms with Gasteiger partial charge in [-0.1, -0.05) is 18.2 Å². The number of hydrogen-bond acceptors (Lipinski definition) is 4. The number of hydrogen-bond donors (Lipinski definition) is 1. The highest BCUT2D eigenvalue weighted by Crippen LogP contribution is 2.29. The van der Waals surface area contributed by atoms with Crippen molar-refractivity contribution in [1.29, 1.82) is 0 Å². The van der Waals surface area contributed by atoms with Crippen LogP contribution in [0.5, 0.6) is 0 Å². The molecule has 4 rings (SSSR count). The molecule has 1 aliphatic heterocycles. The lowest BCUT2D eigenvalue weighted by atomic mass is 10.0. The topological polar surface area (TPSA) is 55.5 Å². The minimum absolute atomic E-state index is 0.118. The Kier molecular flexibility index (Phi) is 5.43. The Labute approximate surface area is 172 Å². The zero-order chi connectivity index (χ0) is 20.4. The Bertz CT molecular complexity index is 990. The van der Waals surface area contributed by atoms with Crippen LogP contribution in [-0.4, -0.2) is 60.5 Å². The second kappa shape index (κ2) is 8.15. The average molecular weight is 392 g/mol. The second-order valence-corrected chi connectivity index (χ2v) is 7.74. The van der Waals surface area contributed by atoms with Crippen molar-refractivity contribution >= 4 is 28.3 Å². The van der Waals surface area contributed by atoms with Gasteiger partial charge in [-0.3, -0.25) is 4.79 Å². The van der Waals surface area contributed by atoms with E-state index in [-0.39, 0.29) is 5.91 Å². The lowest BCUT2D eigenvalue weighted by Crippen LogP contribution is -2.46. The van der Waals surface area contributed by atoms with E-state index in [2.05, 4.69) is 46.9 Å². The van der Waals surface area contributed by atoms with E-state index < -0.39 is 0 Å². The smallest absolute Gasteiger partial charge is 0.256 e. The van der Waals surface area contributed by atoms with Crippen molar-refractivity contribution in [3.05, 3.63) is 54.4 Å². The number of piperidine rings is 1. The highest BCUT2D eigenvalue weighted by Gasteiger charge is 2.28. The number of nitrogens with one attached hydrogen (secondary N) is 1. The van der Waals surface area contributed by atoms with Crippen LogP contribution in [0.4, 0.5) is 11.5 Å². The summed E-state index contributed by atoms with van der Waals surface area (Å²) < 4.78 is 0. The molecule has 6 nitrogen and oxygen atoms in total. The number of carbonyl (C=O) groups is 1. The second-order valence-electron chi connectivity index (χ2n) is 7.74. The van der Waals surface area contributed by atoms with Gasteiger partial charge in [0, 0.05) is 63.1 Å². The number of amides is 1. The summed E-state index contributed by atoms with van der Waals surface area (Å²) in [6, 6.07) is 12.5. The minimum atomic E-state index is 0.118. The van der Waals surface area contributed by atoms with E-state index in [0.29, 0.717) is 6.04 Å². The maximum absolute atomic E-state index is 13.1. The molecule has 0 unspecified atom stereocenters. The van der Waals surface area contributed by atoms with Crippen LogP contribution in [-0.2, 0) is 0 Å². The third-order valence-electron chi connectivity index (χ3n) is 6.10. The number of pyridine rings is 1. The zero-order valence-corrected chi connectivity index (χ0v) is 17.4. The standard InChI is InChI=1S/C23H29N5O/c1-4-26(2)21-10-7-13-24-22(21)27(3)17-11-14-28(15-12-17)23(29)19-16-25-20-9-6-5-8-18(19)20/h5-10,13,16-17,25H,4,11-12,14-15H2,1-3H3. The molecule has 29 heavy (non-hydrogen) atoms. The predicted octanol–water partition coefficient (Wildman–Crippen LogP) is 3.76. The van der Waals surface area contributed by atoms with Gasteiger partial charge in [-0.2, -0.15) is 0 Å². The van der Waals surface area contributed by atoms with Gasteiger partial charge in [0.15, 0.2) is 5.82 Å². The van der Waals surface area contributed by atoms with Gasteiger partial charge in [0.1, 0.15) is 0 Å². The van der Waals surface area contributed by atoms with Crippen molar-refractivity contribution in [2.45, 2.75) is 25.8 Å². The summed E-state index contributed by atoms with van der Waals surface area (Å²) in [4.78, 5) is 27.4. The molecule has 0 bridgehead atoms. The van der Waals surface area contributed by atoms with Gasteiger partial charge < -0.3 is 19.7 Å². The Morgan fingerprint density at radius 1 is 1.17 bits per heavy atom. The fraction of sp³-hybridized carbons (Fsp3) is 0.391. The molecule has 1 N–H and O–H groups in total. The molecule has 1 amide bonds. The number of para-hydroxylation sites is 1. The van der Waals surface area contributed by atoms with E-state index in [1.165, 1.54) is 0 Å². The van der Waals surface area contributed by atoms with Gasteiger partial charge in [0.25, 0.3) is 5.91 Å². The molecule has 2 aromatic heterocycles. The van der Waals surface area contributed by atoms with Crippen LogP contribution >= 0.6 is 0 Å². The summed E-state index contributed by atoms with van der Waals surface area (Å²) in [5.74, 6) is 1.13. The quantitative estimate of drug-likeness (QED) is 0.720. The monoisotopic (exact) mass is 391 g/mol. The number of rotatable bonds is 5. The molecule has 1 fully saturated rings. The first kappa shape index (κ1) is 19.3. The van der Waals surface area contributed by atoms with E-state index in [0.717, 1.165) is 60.4 Å². The third kappa shape index (κ3) is 3.67. The molecular weight excluding hydrogens is 362 g/mol. The molecule has 0 aliphatic carbocycles. The maximum atomic E-state index is 13.1. The normalized spacial score (nSPS) is 14.9. The van der Waals surface area contributed by atoms with E-state index in [1.54, 1.807) is 0 Å². The Hall–Kier alpha value is -3.02. The van der Waals surface area contributed by atoms with Crippen LogP contribution in [0.2, 0.25) is 0 Å². The molecule has 1 saturated heterocycles. The molecule has 152 valence electrons. The van der Waals surface area contributed by atoms with E-state index in [1.807, 2.05) is 47.6 Å². The fourth-order valence-corrected chi connectivity index (χ4v) is 4.18. The van der Waals surface area contributed by atoms with Gasteiger partial charge in [-0.15, -0.1) is 0 Å². The van der Waals surface area contributed by atoms with Crippen molar-refractivity contribution in [3.8, 4) is 0 Å². The number of carbonyl (C=O) groups excluding carboxylic acids is 1. The molecule has 0 atom stereocenters. The van der Waals surface area contributed by atoms with E-state index in [9.17, 15) is 4.79 Å². The predicted molar refractivity (Wildman–Crippen MR) is 119 cm³/mol. The van der Waals surface area contributed by atoms with Crippen LogP contribution < -0.4 is 9.80 Å². The Morgan fingerprint density at radius 2 is 1.93 bits per heavy atom. The number of aromatic nitrogens is 2. The summed E-state index contributed by atoms with van der Waals surface area (Å²) in [5, 5.41) is 0.998. The van der Waals surface area contributed by atoms with Crippen LogP contribution in [0.3, 0.4) is 0 Å². The maximum Gasteiger partial charge on any atom is 0.256 e. The first-order chi connectivity index (χ1) is 14.1. The zero-order valence-electron chi connectivity index (χ0n) is 17.4. The molecule has 3 heterocycles. The van der Waals surface area contributed by atoms with Gasteiger partial charge in [-0.25, -0.2) is 4.98 Å². The van der Waals surface area contributed by atoms with E-state index in [4.69, 9.17) is 0 Å². The first-order valence-corrected chi connectivity index (χ1v) is 10.3. The molecule has 3 aromatic rings. The number of fused-ring (bicyclic) bond motifs is 1. The molecular formula is C23H29N5O. The number of nitrogens with zero attached hydrogens (tertiary/aromatic N) is 4. The summed E-state index contributed by atoms with van der Waals surface area (Å²) in [6.45, 7) is 4.61. The summed E-state index contributed by atoms with van der Waals surface area (Å²) in [5.41, 5.74) is 2.92. The molecule has 0 radical (unpaired) electrons. The summed E-state index contributed by atoms with van der Waals surface area (Å²) in [6.07, 6.45) is 5.58. The fourth-order valence-electron chi connectivity index (χ4n) is 4.18. The van der Waals surface area contributed by atoms with Crippen LogP contribution in [0.25, 0.3) is 10.9 Å². The Morgan fingerprint density at radius 3 is 2.69 bits per heavy atom. The SMILES string of the molecule is CCN(C)c1cccnc1N(C)C1CCN(C(=O)c2c[nH]c3ccccc23)CC1. The summed E-state index contributed by atoms with van der Waals surface area (Å²) in [7, 11) is 4.22. The Balaban J connectivity index is 1.45. The molecule has 0 spiro atoms. The van der Waals surface area contributed by atoms with Crippen molar-refractivity contribution in [2.75, 3.05) is 43.5 Å². The lowest BCUT2D eigenvalue weighted by Gasteiger charge is -2.38. The highest BCUT2D eigenvalue weighted by atomic mass is 16.2. The number of H-pyrrole nitrogens is 1. The van der Waals surface area contributed by atoms with Crippen LogP contribution in [0.15, 0.2) is 48.8 Å². The third-order valence-corrected chi connectivity index (χ3v) is 6.10. The average Bonchev–Trinajstić information content (AvgIpc) is 3.22. The van der Waals surface area contributed by atoms with Crippen LogP contribution in [0, 0.1) is 0 Å². The summed E-state index contributed by atoms with van der Waals surface area (Å²) >= 11 is 0. The molecule has 6 heteroatoms. The van der Waals surface area contributed by atoms with Crippen molar-refractivity contribution in [1.82, 2.24) is 14.9 Å². The lowest BCUT2D eigenvalue weighted by molar-refractivity contribution is 0.0715.